The van der Waals surface area contributed by atoms with Gasteiger partial charge in [-0.05, 0) is 23.1 Å². The van der Waals surface area contributed by atoms with E-state index < -0.39 is 0 Å². The van der Waals surface area contributed by atoms with Crippen molar-refractivity contribution >= 4 is 31.9 Å². The lowest BCUT2D eigenvalue weighted by Gasteiger charge is -2.29. The molecule has 0 heterocycles. The number of hydrogen-bond acceptors (Lipinski definition) is 1. The van der Waals surface area contributed by atoms with Gasteiger partial charge in [0.1, 0.15) is 0 Å². The van der Waals surface area contributed by atoms with Crippen LogP contribution in [-0.4, -0.2) is 0 Å². The summed E-state index contributed by atoms with van der Waals surface area (Å²) < 4.78 is 2.13. The average molecular weight is 321 g/mol. The Kier molecular flexibility index (Phi) is 3.78. The van der Waals surface area contributed by atoms with Crippen LogP contribution < -0.4 is 5.73 Å². The van der Waals surface area contributed by atoms with Crippen LogP contribution in [0.3, 0.4) is 0 Å². The lowest BCUT2D eigenvalue weighted by Crippen LogP contribution is -2.26. The van der Waals surface area contributed by atoms with Crippen LogP contribution in [-0.2, 0) is 0 Å². The first-order valence-corrected chi connectivity index (χ1v) is 6.12. The first-order chi connectivity index (χ1) is 6.34. The number of nitrogens with two attached hydrogens (primary N) is 1. The number of rotatable bonds is 1. The van der Waals surface area contributed by atoms with Gasteiger partial charge in [-0.25, -0.2) is 0 Å². The van der Waals surface area contributed by atoms with E-state index in [2.05, 4.69) is 52.6 Å². The molecule has 0 radical (unpaired) electrons. The van der Waals surface area contributed by atoms with Crippen LogP contribution in [0, 0.1) is 5.41 Å². The second-order valence-corrected chi connectivity index (χ2v) is 6.19. The highest BCUT2D eigenvalue weighted by molar-refractivity contribution is 9.11. The molecule has 0 bridgehead atoms. The molecule has 3 heteroatoms. The molecular formula is C11H15Br2N. The fourth-order valence-electron chi connectivity index (χ4n) is 1.24. The van der Waals surface area contributed by atoms with Gasteiger partial charge >= 0.3 is 0 Å². The zero-order valence-corrected chi connectivity index (χ0v) is 11.8. The second-order valence-electron chi connectivity index (χ2n) is 4.48. The van der Waals surface area contributed by atoms with Crippen LogP contribution in [0.2, 0.25) is 0 Å². The van der Waals surface area contributed by atoms with Crippen molar-refractivity contribution in [2.75, 3.05) is 0 Å². The van der Waals surface area contributed by atoms with Crippen molar-refractivity contribution in [2.45, 2.75) is 26.8 Å². The van der Waals surface area contributed by atoms with E-state index in [9.17, 15) is 0 Å². The summed E-state index contributed by atoms with van der Waals surface area (Å²) in [5, 5.41) is 0. The highest BCUT2D eigenvalue weighted by atomic mass is 79.9. The van der Waals surface area contributed by atoms with Crippen molar-refractivity contribution in [2.24, 2.45) is 11.1 Å². The Morgan fingerprint density at radius 2 is 1.57 bits per heavy atom. The van der Waals surface area contributed by atoms with Gasteiger partial charge in [-0.1, -0.05) is 58.7 Å². The molecule has 78 valence electrons. The Bertz CT molecular complexity index is 308. The molecular weight excluding hydrogens is 306 g/mol. The maximum Gasteiger partial charge on any atom is 0.0366 e. The van der Waals surface area contributed by atoms with Crippen molar-refractivity contribution in [1.29, 1.82) is 0 Å². The zero-order valence-electron chi connectivity index (χ0n) is 8.64. The zero-order chi connectivity index (χ0) is 10.9. The van der Waals surface area contributed by atoms with Gasteiger partial charge in [0.2, 0.25) is 0 Å². The topological polar surface area (TPSA) is 26.0 Å². The number of halogens is 2. The Labute approximate surface area is 102 Å². The molecule has 1 unspecified atom stereocenters. The van der Waals surface area contributed by atoms with E-state index in [0.29, 0.717) is 0 Å². The van der Waals surface area contributed by atoms with E-state index >= 15 is 0 Å². The molecule has 0 aromatic heterocycles. The van der Waals surface area contributed by atoms with Gasteiger partial charge in [-0.15, -0.1) is 0 Å². The smallest absolute Gasteiger partial charge is 0.0366 e. The van der Waals surface area contributed by atoms with E-state index in [1.165, 1.54) is 0 Å². The van der Waals surface area contributed by atoms with Gasteiger partial charge < -0.3 is 5.73 Å². The van der Waals surface area contributed by atoms with Crippen molar-refractivity contribution in [3.63, 3.8) is 0 Å². The van der Waals surface area contributed by atoms with E-state index in [0.717, 1.165) is 14.5 Å². The minimum absolute atomic E-state index is 0.0208. The molecule has 1 aromatic rings. The summed E-state index contributed by atoms with van der Waals surface area (Å²) >= 11 is 7.06. The van der Waals surface area contributed by atoms with Gasteiger partial charge in [-0.2, -0.15) is 0 Å². The fraction of sp³-hybridized carbons (Fsp3) is 0.455. The van der Waals surface area contributed by atoms with Crippen LogP contribution >= 0.6 is 31.9 Å². The minimum Gasteiger partial charge on any atom is -0.323 e. The summed E-state index contributed by atoms with van der Waals surface area (Å²) in [7, 11) is 0. The highest BCUT2D eigenvalue weighted by Gasteiger charge is 2.25. The molecule has 1 nitrogen and oxygen atoms in total. The molecule has 0 aliphatic heterocycles. The summed E-state index contributed by atoms with van der Waals surface area (Å²) in [5.41, 5.74) is 7.41. The third kappa shape index (κ3) is 2.59. The summed E-state index contributed by atoms with van der Waals surface area (Å²) in [4.78, 5) is 0. The van der Waals surface area contributed by atoms with Crippen LogP contribution in [0.4, 0.5) is 0 Å². The van der Waals surface area contributed by atoms with Crippen LogP contribution in [0.1, 0.15) is 32.4 Å². The maximum absolute atomic E-state index is 6.21. The summed E-state index contributed by atoms with van der Waals surface area (Å²) in [6, 6.07) is 6.05. The predicted octanol–water partition coefficient (Wildman–Crippen LogP) is 4.26. The maximum atomic E-state index is 6.21. The first-order valence-electron chi connectivity index (χ1n) is 4.53. The van der Waals surface area contributed by atoms with Gasteiger partial charge in [0.05, 0.1) is 0 Å². The van der Waals surface area contributed by atoms with Gasteiger partial charge in [0.25, 0.3) is 0 Å². The Morgan fingerprint density at radius 3 is 1.93 bits per heavy atom. The molecule has 0 saturated carbocycles. The van der Waals surface area contributed by atoms with E-state index in [1.54, 1.807) is 0 Å². The van der Waals surface area contributed by atoms with Crippen molar-refractivity contribution in [3.8, 4) is 0 Å². The van der Waals surface area contributed by atoms with Crippen molar-refractivity contribution in [3.05, 3.63) is 32.7 Å². The summed E-state index contributed by atoms with van der Waals surface area (Å²) in [6.45, 7) is 6.43. The third-order valence-electron chi connectivity index (χ3n) is 2.24. The molecule has 0 saturated heterocycles. The monoisotopic (exact) mass is 319 g/mol. The van der Waals surface area contributed by atoms with E-state index in [1.807, 2.05) is 18.2 Å². The molecule has 0 aliphatic rings. The van der Waals surface area contributed by atoms with Gasteiger partial charge in [0, 0.05) is 15.0 Å². The van der Waals surface area contributed by atoms with Crippen LogP contribution in [0.25, 0.3) is 0 Å². The second kappa shape index (κ2) is 4.33. The van der Waals surface area contributed by atoms with Crippen LogP contribution in [0.5, 0.6) is 0 Å². The van der Waals surface area contributed by atoms with Crippen molar-refractivity contribution < 1.29 is 0 Å². The Hall–Kier alpha value is 0.140. The molecule has 0 fully saturated rings. The summed E-state index contributed by atoms with van der Waals surface area (Å²) in [6.07, 6.45) is 0. The molecule has 1 atom stereocenters. The lowest BCUT2D eigenvalue weighted by molar-refractivity contribution is 0.325. The minimum atomic E-state index is 0.0208. The van der Waals surface area contributed by atoms with Crippen LogP contribution in [0.15, 0.2) is 27.1 Å². The largest absolute Gasteiger partial charge is 0.323 e. The first kappa shape index (κ1) is 12.2. The molecule has 14 heavy (non-hydrogen) atoms. The van der Waals surface area contributed by atoms with Gasteiger partial charge in [0.15, 0.2) is 0 Å². The van der Waals surface area contributed by atoms with E-state index in [-0.39, 0.29) is 11.5 Å². The number of benzene rings is 1. The fourth-order valence-corrected chi connectivity index (χ4v) is 2.73. The normalized spacial score (nSPS) is 14.1. The molecule has 0 amide bonds. The third-order valence-corrected chi connectivity index (χ3v) is 3.63. The standard InChI is InChI=1S/C11H15Br2N/c1-11(2,3)10(14)9-7(12)5-4-6-8(9)13/h4-6,10H,14H2,1-3H3. The molecule has 1 rings (SSSR count). The summed E-state index contributed by atoms with van der Waals surface area (Å²) in [5.74, 6) is 0. The lowest BCUT2D eigenvalue weighted by atomic mass is 9.83. The molecule has 2 N–H and O–H groups in total. The predicted molar refractivity (Wildman–Crippen MR) is 68.2 cm³/mol. The molecule has 0 spiro atoms. The van der Waals surface area contributed by atoms with E-state index in [4.69, 9.17) is 5.73 Å². The van der Waals surface area contributed by atoms with Gasteiger partial charge in [-0.3, -0.25) is 0 Å². The molecule has 0 aliphatic carbocycles. The Balaban J connectivity index is 3.19. The SMILES string of the molecule is CC(C)(C)C(N)c1c(Br)cccc1Br. The molecule has 1 aromatic carbocycles. The highest BCUT2D eigenvalue weighted by Crippen LogP contribution is 2.38. The quantitative estimate of drug-likeness (QED) is 0.822. The average Bonchev–Trinajstić information content (AvgIpc) is 2.01. The Morgan fingerprint density at radius 1 is 1.14 bits per heavy atom. The number of hydrogen-bond donors (Lipinski definition) is 1. The van der Waals surface area contributed by atoms with Crippen molar-refractivity contribution in [1.82, 2.24) is 0 Å².